The molecule has 0 aliphatic heterocycles. The molecule has 1 aromatic heterocycles. The molecule has 0 bridgehead atoms. The molecule has 19 heavy (non-hydrogen) atoms. The molecule has 2 N–H and O–H groups in total. The van der Waals surface area contributed by atoms with Crippen LogP contribution in [-0.4, -0.2) is 23.5 Å². The predicted molar refractivity (Wildman–Crippen MR) is 77.4 cm³/mol. The molecular weight excluding hydrogens is 330 g/mol. The van der Waals surface area contributed by atoms with Crippen molar-refractivity contribution < 1.29 is 14.7 Å². The third kappa shape index (κ3) is 3.57. The number of halogens is 1. The molecule has 1 heterocycles. The predicted octanol–water partition coefficient (Wildman–Crippen LogP) is 3.13. The molecule has 0 radical (unpaired) electrons. The summed E-state index contributed by atoms with van der Waals surface area (Å²) >= 11 is 4.70. The Kier molecular flexibility index (Phi) is 4.99. The summed E-state index contributed by atoms with van der Waals surface area (Å²) in [6, 6.07) is 1.83. The van der Waals surface area contributed by atoms with E-state index >= 15 is 0 Å². The summed E-state index contributed by atoms with van der Waals surface area (Å²) in [6.45, 7) is 0.445. The Hall–Kier alpha value is -0.880. The van der Waals surface area contributed by atoms with E-state index < -0.39 is 5.97 Å². The van der Waals surface area contributed by atoms with Gasteiger partial charge in [-0.15, -0.1) is 11.3 Å². The van der Waals surface area contributed by atoms with Crippen LogP contribution in [-0.2, 0) is 4.79 Å². The van der Waals surface area contributed by atoms with Crippen LogP contribution in [0, 0.1) is 11.8 Å². The monoisotopic (exact) mass is 345 g/mol. The molecule has 0 aromatic carbocycles. The Labute approximate surface area is 124 Å². The Morgan fingerprint density at radius 3 is 2.79 bits per heavy atom. The number of hydrogen-bond donors (Lipinski definition) is 2. The van der Waals surface area contributed by atoms with Crippen molar-refractivity contribution in [2.24, 2.45) is 11.8 Å². The average molecular weight is 346 g/mol. The minimum absolute atomic E-state index is 0.0499. The SMILES string of the molecule is O=C(NCC1CCCCC1C(=O)O)c1sccc1Br. The first-order valence-electron chi connectivity index (χ1n) is 6.33. The van der Waals surface area contributed by atoms with Gasteiger partial charge in [-0.2, -0.15) is 0 Å². The normalized spacial score (nSPS) is 23.0. The molecule has 1 saturated carbocycles. The Balaban J connectivity index is 1.92. The van der Waals surface area contributed by atoms with Gasteiger partial charge >= 0.3 is 5.97 Å². The molecule has 0 saturated heterocycles. The second-order valence-corrected chi connectivity index (χ2v) is 6.57. The van der Waals surface area contributed by atoms with Gasteiger partial charge in [-0.05, 0) is 46.1 Å². The van der Waals surface area contributed by atoms with Crippen molar-refractivity contribution >= 4 is 39.1 Å². The number of carbonyl (C=O) groups is 2. The van der Waals surface area contributed by atoms with Crippen LogP contribution in [0.4, 0.5) is 0 Å². The van der Waals surface area contributed by atoms with E-state index in [1.54, 1.807) is 0 Å². The highest BCUT2D eigenvalue weighted by atomic mass is 79.9. The lowest BCUT2D eigenvalue weighted by atomic mass is 9.79. The van der Waals surface area contributed by atoms with Crippen LogP contribution in [0.1, 0.15) is 35.4 Å². The van der Waals surface area contributed by atoms with Crippen LogP contribution in [0.15, 0.2) is 15.9 Å². The van der Waals surface area contributed by atoms with E-state index in [0.29, 0.717) is 11.4 Å². The number of thiophene rings is 1. The second-order valence-electron chi connectivity index (χ2n) is 4.80. The number of rotatable bonds is 4. The molecule has 1 aromatic rings. The smallest absolute Gasteiger partial charge is 0.306 e. The first-order valence-corrected chi connectivity index (χ1v) is 8.01. The number of carboxylic acid groups (broad SMARTS) is 1. The average Bonchev–Trinajstić information content (AvgIpc) is 2.82. The minimum atomic E-state index is -0.740. The van der Waals surface area contributed by atoms with Gasteiger partial charge in [-0.3, -0.25) is 9.59 Å². The van der Waals surface area contributed by atoms with Gasteiger partial charge < -0.3 is 10.4 Å². The first-order chi connectivity index (χ1) is 9.09. The van der Waals surface area contributed by atoms with Crippen LogP contribution < -0.4 is 5.32 Å². The van der Waals surface area contributed by atoms with Crippen LogP contribution in [0.25, 0.3) is 0 Å². The standard InChI is InChI=1S/C13H16BrNO3S/c14-10-5-6-19-11(10)12(16)15-7-8-3-1-2-4-9(8)13(17)18/h5-6,8-9H,1-4,7H2,(H,15,16)(H,17,18). The molecule has 1 aliphatic carbocycles. The fourth-order valence-electron chi connectivity index (χ4n) is 2.54. The van der Waals surface area contributed by atoms with E-state index in [2.05, 4.69) is 21.2 Å². The maximum absolute atomic E-state index is 12.0. The lowest BCUT2D eigenvalue weighted by molar-refractivity contribution is -0.144. The number of carboxylic acids is 1. The lowest BCUT2D eigenvalue weighted by Gasteiger charge is -2.28. The number of carbonyl (C=O) groups excluding carboxylic acids is 1. The summed E-state index contributed by atoms with van der Waals surface area (Å²) in [5.41, 5.74) is 0. The van der Waals surface area contributed by atoms with E-state index in [9.17, 15) is 14.7 Å². The number of nitrogens with one attached hydrogen (secondary N) is 1. The van der Waals surface area contributed by atoms with Gasteiger partial charge in [0.15, 0.2) is 0 Å². The summed E-state index contributed by atoms with van der Waals surface area (Å²) in [6.07, 6.45) is 3.62. The van der Waals surface area contributed by atoms with Gasteiger partial charge in [0.05, 0.1) is 5.92 Å². The molecule has 0 spiro atoms. The van der Waals surface area contributed by atoms with Crippen LogP contribution in [0.3, 0.4) is 0 Å². The molecular formula is C13H16BrNO3S. The molecule has 2 rings (SSSR count). The Morgan fingerprint density at radius 2 is 2.16 bits per heavy atom. The van der Waals surface area contributed by atoms with Crippen molar-refractivity contribution in [2.75, 3.05) is 6.54 Å². The van der Waals surface area contributed by atoms with Crippen molar-refractivity contribution in [1.29, 1.82) is 0 Å². The second kappa shape index (κ2) is 6.52. The fraction of sp³-hybridized carbons (Fsp3) is 0.538. The zero-order chi connectivity index (χ0) is 13.8. The van der Waals surface area contributed by atoms with Gasteiger partial charge in [-0.1, -0.05) is 12.8 Å². The summed E-state index contributed by atoms with van der Waals surface area (Å²) in [4.78, 5) is 23.8. The van der Waals surface area contributed by atoms with Gasteiger partial charge in [0.25, 0.3) is 5.91 Å². The Morgan fingerprint density at radius 1 is 1.42 bits per heavy atom. The fourth-order valence-corrected chi connectivity index (χ4v) is 4.00. The quantitative estimate of drug-likeness (QED) is 0.880. The number of hydrogen-bond acceptors (Lipinski definition) is 3. The Bertz CT molecular complexity index is 474. The van der Waals surface area contributed by atoms with E-state index in [-0.39, 0.29) is 17.7 Å². The van der Waals surface area contributed by atoms with Crippen LogP contribution in [0.2, 0.25) is 0 Å². The number of aliphatic carboxylic acids is 1. The summed E-state index contributed by atoms with van der Waals surface area (Å²) in [5, 5.41) is 13.9. The molecule has 4 nitrogen and oxygen atoms in total. The van der Waals surface area contributed by atoms with Gasteiger partial charge in [0.2, 0.25) is 0 Å². The van der Waals surface area contributed by atoms with Crippen molar-refractivity contribution in [2.45, 2.75) is 25.7 Å². The van der Waals surface area contributed by atoms with Crippen molar-refractivity contribution in [1.82, 2.24) is 5.32 Å². The largest absolute Gasteiger partial charge is 0.481 e. The lowest BCUT2D eigenvalue weighted by Crippen LogP contribution is -2.37. The molecule has 104 valence electrons. The minimum Gasteiger partial charge on any atom is -0.481 e. The number of amides is 1. The van der Waals surface area contributed by atoms with E-state index in [0.717, 1.165) is 30.2 Å². The zero-order valence-corrected chi connectivity index (χ0v) is 12.8. The molecule has 1 amide bonds. The zero-order valence-electron chi connectivity index (χ0n) is 10.4. The highest BCUT2D eigenvalue weighted by molar-refractivity contribution is 9.10. The topological polar surface area (TPSA) is 66.4 Å². The molecule has 2 unspecified atom stereocenters. The van der Waals surface area contributed by atoms with Gasteiger partial charge in [0, 0.05) is 11.0 Å². The maximum Gasteiger partial charge on any atom is 0.306 e. The van der Waals surface area contributed by atoms with Gasteiger partial charge in [-0.25, -0.2) is 0 Å². The van der Waals surface area contributed by atoms with Crippen molar-refractivity contribution in [3.05, 3.63) is 20.8 Å². The first kappa shape index (κ1) is 14.5. The summed E-state index contributed by atoms with van der Waals surface area (Å²) in [5.74, 6) is -1.14. The third-order valence-corrected chi connectivity index (χ3v) is 5.41. The summed E-state index contributed by atoms with van der Waals surface area (Å²) in [7, 11) is 0. The highest BCUT2D eigenvalue weighted by Crippen LogP contribution is 2.30. The third-order valence-electron chi connectivity index (χ3n) is 3.57. The summed E-state index contributed by atoms with van der Waals surface area (Å²) < 4.78 is 0.786. The van der Waals surface area contributed by atoms with E-state index in [4.69, 9.17) is 0 Å². The molecule has 1 fully saturated rings. The van der Waals surface area contributed by atoms with Crippen molar-refractivity contribution in [3.8, 4) is 0 Å². The molecule has 1 aliphatic rings. The van der Waals surface area contributed by atoms with E-state index in [1.165, 1.54) is 11.3 Å². The van der Waals surface area contributed by atoms with E-state index in [1.807, 2.05) is 11.4 Å². The highest BCUT2D eigenvalue weighted by Gasteiger charge is 2.31. The molecule has 6 heteroatoms. The van der Waals surface area contributed by atoms with Crippen LogP contribution >= 0.6 is 27.3 Å². The van der Waals surface area contributed by atoms with Crippen LogP contribution in [0.5, 0.6) is 0 Å². The maximum atomic E-state index is 12.0. The molecule has 2 atom stereocenters. The van der Waals surface area contributed by atoms with Gasteiger partial charge in [0.1, 0.15) is 4.88 Å². The van der Waals surface area contributed by atoms with Crippen molar-refractivity contribution in [3.63, 3.8) is 0 Å².